The van der Waals surface area contributed by atoms with Crippen molar-refractivity contribution in [2.75, 3.05) is 44.5 Å². The molecule has 0 spiro atoms. The van der Waals surface area contributed by atoms with Gasteiger partial charge in [-0.1, -0.05) is 0 Å². The number of piperidine rings is 1. The van der Waals surface area contributed by atoms with Crippen molar-refractivity contribution in [2.24, 2.45) is 5.92 Å². The molecule has 1 aliphatic rings. The average molecular weight is 465 g/mol. The van der Waals surface area contributed by atoms with Crippen molar-refractivity contribution in [3.05, 3.63) is 48.0 Å². The minimum absolute atomic E-state index is 0.169. The van der Waals surface area contributed by atoms with Gasteiger partial charge in [-0.15, -0.1) is 0 Å². The SMILES string of the molecule is COc1ccc(NC(=O)CN2CCC(C(=O)Nc3ccc(C(F)(F)F)cc3)CC2)c(OC)c1. The molecule has 0 saturated carbocycles. The summed E-state index contributed by atoms with van der Waals surface area (Å²) in [4.78, 5) is 26.9. The molecule has 0 bridgehead atoms. The number of hydrogen-bond acceptors (Lipinski definition) is 5. The van der Waals surface area contributed by atoms with Crippen molar-refractivity contribution in [1.82, 2.24) is 4.90 Å². The molecule has 0 aliphatic carbocycles. The van der Waals surface area contributed by atoms with Crippen LogP contribution < -0.4 is 20.1 Å². The first kappa shape index (κ1) is 24.4. The largest absolute Gasteiger partial charge is 0.497 e. The summed E-state index contributed by atoms with van der Waals surface area (Å²) in [5.74, 6) is 0.393. The van der Waals surface area contributed by atoms with Crippen LogP contribution in [0, 0.1) is 5.92 Å². The van der Waals surface area contributed by atoms with E-state index in [9.17, 15) is 22.8 Å². The molecule has 1 aliphatic heterocycles. The summed E-state index contributed by atoms with van der Waals surface area (Å²) >= 11 is 0. The molecule has 1 saturated heterocycles. The fourth-order valence-corrected chi connectivity index (χ4v) is 3.63. The minimum atomic E-state index is -4.42. The summed E-state index contributed by atoms with van der Waals surface area (Å²) in [5, 5.41) is 5.49. The first-order valence-electron chi connectivity index (χ1n) is 10.4. The van der Waals surface area contributed by atoms with E-state index in [-0.39, 0.29) is 24.3 Å². The predicted molar refractivity (Wildman–Crippen MR) is 117 cm³/mol. The number of rotatable bonds is 7. The molecule has 1 heterocycles. The van der Waals surface area contributed by atoms with Crippen molar-refractivity contribution < 1.29 is 32.2 Å². The Balaban J connectivity index is 1.46. The van der Waals surface area contributed by atoms with Gasteiger partial charge >= 0.3 is 6.18 Å². The minimum Gasteiger partial charge on any atom is -0.497 e. The van der Waals surface area contributed by atoms with E-state index >= 15 is 0 Å². The summed E-state index contributed by atoms with van der Waals surface area (Å²) in [5.41, 5.74) is 0.0942. The van der Waals surface area contributed by atoms with Gasteiger partial charge in [0, 0.05) is 17.7 Å². The summed E-state index contributed by atoms with van der Waals surface area (Å²) in [6, 6.07) is 9.47. The van der Waals surface area contributed by atoms with E-state index in [1.165, 1.54) is 19.2 Å². The number of amides is 2. The van der Waals surface area contributed by atoms with Crippen molar-refractivity contribution in [3.8, 4) is 11.5 Å². The molecule has 0 radical (unpaired) electrons. The summed E-state index contributed by atoms with van der Waals surface area (Å²) in [7, 11) is 3.05. The van der Waals surface area contributed by atoms with E-state index < -0.39 is 11.7 Å². The average Bonchev–Trinajstić information content (AvgIpc) is 2.79. The number of carbonyl (C=O) groups excluding carboxylic acids is 2. The maximum Gasteiger partial charge on any atom is 0.416 e. The second-order valence-corrected chi connectivity index (χ2v) is 7.73. The van der Waals surface area contributed by atoms with E-state index in [4.69, 9.17) is 9.47 Å². The summed E-state index contributed by atoms with van der Waals surface area (Å²) < 4.78 is 48.4. The third-order valence-electron chi connectivity index (χ3n) is 5.49. The topological polar surface area (TPSA) is 79.9 Å². The highest BCUT2D eigenvalue weighted by Gasteiger charge is 2.30. The normalized spacial score (nSPS) is 15.1. The van der Waals surface area contributed by atoms with Crippen LogP contribution in [0.5, 0.6) is 11.5 Å². The smallest absolute Gasteiger partial charge is 0.416 e. The lowest BCUT2D eigenvalue weighted by Crippen LogP contribution is -2.41. The van der Waals surface area contributed by atoms with Crippen LogP contribution in [-0.2, 0) is 15.8 Å². The highest BCUT2D eigenvalue weighted by atomic mass is 19.4. The van der Waals surface area contributed by atoms with Crippen molar-refractivity contribution in [3.63, 3.8) is 0 Å². The van der Waals surface area contributed by atoms with Crippen molar-refractivity contribution in [1.29, 1.82) is 0 Å². The Bertz CT molecular complexity index is 972. The Morgan fingerprint density at radius 3 is 2.24 bits per heavy atom. The number of hydrogen-bond donors (Lipinski definition) is 2. The van der Waals surface area contributed by atoms with Crippen molar-refractivity contribution in [2.45, 2.75) is 19.0 Å². The second-order valence-electron chi connectivity index (χ2n) is 7.73. The van der Waals surface area contributed by atoms with Gasteiger partial charge in [0.2, 0.25) is 11.8 Å². The van der Waals surface area contributed by atoms with Gasteiger partial charge in [0.05, 0.1) is 32.0 Å². The van der Waals surface area contributed by atoms with Crippen LogP contribution in [0.15, 0.2) is 42.5 Å². The van der Waals surface area contributed by atoms with E-state index in [2.05, 4.69) is 10.6 Å². The first-order chi connectivity index (χ1) is 15.7. The third kappa shape index (κ3) is 6.61. The number of ether oxygens (including phenoxy) is 2. The van der Waals surface area contributed by atoms with Crippen molar-refractivity contribution >= 4 is 23.2 Å². The van der Waals surface area contributed by atoms with Gasteiger partial charge in [-0.3, -0.25) is 14.5 Å². The maximum absolute atomic E-state index is 12.7. The van der Waals surface area contributed by atoms with Gasteiger partial charge in [0.1, 0.15) is 11.5 Å². The predicted octanol–water partition coefficient (Wildman–Crippen LogP) is 4.01. The van der Waals surface area contributed by atoms with Crippen LogP contribution in [-0.4, -0.2) is 50.6 Å². The molecule has 10 heteroatoms. The molecule has 7 nitrogen and oxygen atoms in total. The number of nitrogens with zero attached hydrogens (tertiary/aromatic N) is 1. The van der Waals surface area contributed by atoms with Gasteiger partial charge in [0.25, 0.3) is 0 Å². The van der Waals surface area contributed by atoms with Crippen LogP contribution in [0.1, 0.15) is 18.4 Å². The van der Waals surface area contributed by atoms with Crippen LogP contribution in [0.3, 0.4) is 0 Å². The van der Waals surface area contributed by atoms with Crippen LogP contribution in [0.25, 0.3) is 0 Å². The van der Waals surface area contributed by atoms with E-state index in [1.807, 2.05) is 4.90 Å². The molecule has 0 aromatic heterocycles. The Kier molecular flexibility index (Phi) is 7.80. The zero-order chi connectivity index (χ0) is 24.0. The van der Waals surface area contributed by atoms with Crippen LogP contribution in [0.4, 0.5) is 24.5 Å². The molecule has 2 aromatic rings. The second kappa shape index (κ2) is 10.6. The Morgan fingerprint density at radius 2 is 1.67 bits per heavy atom. The quantitative estimate of drug-likeness (QED) is 0.646. The summed E-state index contributed by atoms with van der Waals surface area (Å²) in [6.45, 7) is 1.28. The Morgan fingerprint density at radius 1 is 1.00 bits per heavy atom. The zero-order valence-electron chi connectivity index (χ0n) is 18.4. The highest BCUT2D eigenvalue weighted by molar-refractivity contribution is 5.94. The lowest BCUT2D eigenvalue weighted by atomic mass is 9.95. The molecular weight excluding hydrogens is 439 g/mol. The Hall–Kier alpha value is -3.27. The number of likely N-dealkylation sites (tertiary alicyclic amines) is 1. The number of benzene rings is 2. The van der Waals surface area contributed by atoms with Gasteiger partial charge in [-0.05, 0) is 62.3 Å². The van der Waals surface area contributed by atoms with E-state index in [0.717, 1.165) is 12.1 Å². The molecular formula is C23H26F3N3O4. The number of alkyl halides is 3. The van der Waals surface area contributed by atoms with Gasteiger partial charge in [0.15, 0.2) is 0 Å². The molecule has 1 fully saturated rings. The molecule has 33 heavy (non-hydrogen) atoms. The monoisotopic (exact) mass is 465 g/mol. The van der Waals surface area contributed by atoms with Crippen LogP contribution >= 0.6 is 0 Å². The number of anilines is 2. The van der Waals surface area contributed by atoms with Gasteiger partial charge < -0.3 is 20.1 Å². The molecule has 2 aromatic carbocycles. The zero-order valence-corrected chi connectivity index (χ0v) is 18.4. The lowest BCUT2D eigenvalue weighted by molar-refractivity contribution is -0.137. The maximum atomic E-state index is 12.7. The Labute approximate surface area is 189 Å². The first-order valence-corrected chi connectivity index (χ1v) is 10.4. The number of halogens is 3. The highest BCUT2D eigenvalue weighted by Crippen LogP contribution is 2.31. The molecule has 0 atom stereocenters. The fraction of sp³-hybridized carbons (Fsp3) is 0.391. The lowest BCUT2D eigenvalue weighted by Gasteiger charge is -2.30. The van der Waals surface area contributed by atoms with E-state index in [1.54, 1.807) is 25.3 Å². The summed E-state index contributed by atoms with van der Waals surface area (Å²) in [6.07, 6.45) is -3.32. The molecule has 3 rings (SSSR count). The third-order valence-corrected chi connectivity index (χ3v) is 5.49. The number of carbonyl (C=O) groups is 2. The molecule has 2 N–H and O–H groups in total. The van der Waals surface area contributed by atoms with Crippen LogP contribution in [0.2, 0.25) is 0 Å². The molecule has 2 amide bonds. The fourth-order valence-electron chi connectivity index (χ4n) is 3.63. The van der Waals surface area contributed by atoms with Gasteiger partial charge in [-0.25, -0.2) is 0 Å². The number of nitrogens with one attached hydrogen (secondary N) is 2. The molecule has 178 valence electrons. The van der Waals surface area contributed by atoms with Gasteiger partial charge in [-0.2, -0.15) is 13.2 Å². The standard InChI is InChI=1S/C23H26F3N3O4/c1-32-18-7-8-19(20(13-18)33-2)28-21(30)14-29-11-9-15(10-12-29)22(31)27-17-5-3-16(4-6-17)23(24,25)26/h3-8,13,15H,9-12,14H2,1-2H3,(H,27,31)(H,28,30). The number of methoxy groups -OCH3 is 2. The molecule has 0 unspecified atom stereocenters. The van der Waals surface area contributed by atoms with E-state index in [0.29, 0.717) is 48.8 Å².